The average Bonchev–Trinajstić information content (AvgIpc) is 3.24. The van der Waals surface area contributed by atoms with Crippen LogP contribution in [0.1, 0.15) is 44.7 Å². The summed E-state index contributed by atoms with van der Waals surface area (Å²) in [5.74, 6) is -0.185. The van der Waals surface area contributed by atoms with Gasteiger partial charge in [0, 0.05) is 19.6 Å². The minimum atomic E-state index is -0.428. The summed E-state index contributed by atoms with van der Waals surface area (Å²) in [4.78, 5) is 43.0. The number of carbonyl (C=O) groups is 3. The van der Waals surface area contributed by atoms with Crippen molar-refractivity contribution in [3.63, 3.8) is 0 Å². The number of amides is 3. The Kier molecular flexibility index (Phi) is 8.09. The third kappa shape index (κ3) is 5.54. The predicted molar refractivity (Wildman–Crippen MR) is 150 cm³/mol. The molecule has 10 heteroatoms. The van der Waals surface area contributed by atoms with E-state index in [9.17, 15) is 18.8 Å². The fraction of sp³-hybridized carbons (Fsp3) is 0.323. The molecule has 2 aliphatic heterocycles. The van der Waals surface area contributed by atoms with E-state index >= 15 is 0 Å². The molecule has 1 atom stereocenters. The molecular formula is C31H32FN3O6. The second kappa shape index (κ2) is 11.9. The lowest BCUT2D eigenvalue weighted by Crippen LogP contribution is -2.43. The van der Waals surface area contributed by atoms with Crippen LogP contribution in [0.5, 0.6) is 17.2 Å². The van der Waals surface area contributed by atoms with E-state index in [1.54, 1.807) is 36.4 Å². The fourth-order valence-electron chi connectivity index (χ4n) is 5.52. The molecule has 0 saturated carbocycles. The lowest BCUT2D eigenvalue weighted by atomic mass is 9.95. The molecule has 41 heavy (non-hydrogen) atoms. The number of imide groups is 1. The van der Waals surface area contributed by atoms with Gasteiger partial charge < -0.3 is 24.4 Å². The quantitative estimate of drug-likeness (QED) is 0.392. The van der Waals surface area contributed by atoms with Gasteiger partial charge in [0.2, 0.25) is 11.7 Å². The molecule has 1 fully saturated rings. The highest BCUT2D eigenvalue weighted by Gasteiger charge is 2.39. The maximum atomic E-state index is 13.7. The minimum Gasteiger partial charge on any atom is -0.493 e. The Morgan fingerprint density at radius 1 is 0.951 bits per heavy atom. The van der Waals surface area contributed by atoms with Gasteiger partial charge in [-0.2, -0.15) is 0 Å². The predicted octanol–water partition coefficient (Wildman–Crippen LogP) is 4.18. The van der Waals surface area contributed by atoms with Gasteiger partial charge in [0.05, 0.1) is 50.6 Å². The molecule has 214 valence electrons. The largest absolute Gasteiger partial charge is 0.493 e. The number of piperidine rings is 1. The van der Waals surface area contributed by atoms with E-state index in [2.05, 4.69) is 5.32 Å². The summed E-state index contributed by atoms with van der Waals surface area (Å²) in [5, 5.41) is 3.01. The van der Waals surface area contributed by atoms with E-state index in [0.717, 1.165) is 16.9 Å². The second-order valence-corrected chi connectivity index (χ2v) is 10.1. The average molecular weight is 562 g/mol. The minimum absolute atomic E-state index is 0.0183. The van der Waals surface area contributed by atoms with Gasteiger partial charge >= 0.3 is 0 Å². The molecule has 3 aromatic rings. The highest BCUT2D eigenvalue weighted by Crippen LogP contribution is 2.38. The molecule has 0 spiro atoms. The normalized spacial score (nSPS) is 16.4. The first-order valence-corrected chi connectivity index (χ1v) is 13.4. The Balaban J connectivity index is 1.29. The molecule has 0 radical (unpaired) electrons. The molecule has 2 heterocycles. The van der Waals surface area contributed by atoms with Crippen molar-refractivity contribution in [2.24, 2.45) is 5.92 Å². The molecule has 3 aromatic carbocycles. The molecule has 3 amide bonds. The number of carbonyl (C=O) groups excluding carboxylic acids is 3. The maximum Gasteiger partial charge on any atom is 0.263 e. The van der Waals surface area contributed by atoms with E-state index in [-0.39, 0.29) is 24.9 Å². The van der Waals surface area contributed by atoms with Crippen molar-refractivity contribution in [2.45, 2.75) is 25.9 Å². The van der Waals surface area contributed by atoms with Crippen LogP contribution in [0.3, 0.4) is 0 Å². The number of fused-ring (bicyclic) bond motifs is 1. The number of halogens is 1. The van der Waals surface area contributed by atoms with E-state index < -0.39 is 17.6 Å². The van der Waals surface area contributed by atoms with Crippen LogP contribution < -0.4 is 24.4 Å². The third-order valence-corrected chi connectivity index (χ3v) is 7.53. The number of hydrogen-bond donors (Lipinski definition) is 1. The molecule has 5 rings (SSSR count). The van der Waals surface area contributed by atoms with Crippen LogP contribution in [0.25, 0.3) is 0 Å². The zero-order valence-corrected chi connectivity index (χ0v) is 23.2. The standard InChI is InChI=1S/C31H32FN3O6/c1-39-25-14-20(15-26(40-2)28(25)41-3)16-33-29(36)21-8-6-12-34(18-21)24-11-5-10-23-27(24)31(38)35(30(23)37)17-19-7-4-9-22(32)13-19/h4-5,7,9-11,13-15,21H,6,8,12,16-18H2,1-3H3,(H,33,36). The number of nitrogens with zero attached hydrogens (tertiary/aromatic N) is 2. The Hall–Kier alpha value is -4.60. The highest BCUT2D eigenvalue weighted by atomic mass is 19.1. The number of anilines is 1. The van der Waals surface area contributed by atoms with Gasteiger partial charge in [-0.25, -0.2) is 4.39 Å². The zero-order valence-electron chi connectivity index (χ0n) is 23.2. The van der Waals surface area contributed by atoms with Crippen LogP contribution in [-0.2, 0) is 17.9 Å². The molecule has 0 aromatic heterocycles. The summed E-state index contributed by atoms with van der Waals surface area (Å²) >= 11 is 0. The molecular weight excluding hydrogens is 529 g/mol. The number of ether oxygens (including phenoxy) is 3. The van der Waals surface area contributed by atoms with Crippen LogP contribution in [0.2, 0.25) is 0 Å². The van der Waals surface area contributed by atoms with Crippen molar-refractivity contribution >= 4 is 23.4 Å². The zero-order chi connectivity index (χ0) is 29.1. The molecule has 9 nitrogen and oxygen atoms in total. The number of benzene rings is 3. The number of nitrogens with one attached hydrogen (secondary N) is 1. The lowest BCUT2D eigenvalue weighted by molar-refractivity contribution is -0.125. The molecule has 2 aliphatic rings. The van der Waals surface area contributed by atoms with Gasteiger partial charge in [0.1, 0.15) is 5.82 Å². The maximum absolute atomic E-state index is 13.7. The molecule has 1 unspecified atom stereocenters. The Bertz CT molecular complexity index is 1470. The van der Waals surface area contributed by atoms with Crippen LogP contribution in [0.15, 0.2) is 54.6 Å². The van der Waals surface area contributed by atoms with E-state index in [1.807, 2.05) is 11.0 Å². The van der Waals surface area contributed by atoms with Gasteiger partial charge in [-0.05, 0) is 60.4 Å². The SMILES string of the molecule is COc1cc(CNC(=O)C2CCCN(c3cccc4c3C(=O)N(Cc3cccc(F)c3)C4=O)C2)cc(OC)c1OC. The van der Waals surface area contributed by atoms with Gasteiger partial charge in [-0.3, -0.25) is 19.3 Å². The summed E-state index contributed by atoms with van der Waals surface area (Å²) in [6.45, 7) is 1.31. The summed E-state index contributed by atoms with van der Waals surface area (Å²) in [6, 6.07) is 14.6. The van der Waals surface area contributed by atoms with Crippen LogP contribution in [0, 0.1) is 11.7 Å². The number of hydrogen-bond acceptors (Lipinski definition) is 7. The third-order valence-electron chi connectivity index (χ3n) is 7.53. The Morgan fingerprint density at radius 3 is 2.37 bits per heavy atom. The molecule has 0 aliphatic carbocycles. The van der Waals surface area contributed by atoms with E-state index in [0.29, 0.717) is 59.1 Å². The van der Waals surface area contributed by atoms with Gasteiger partial charge in [-0.15, -0.1) is 0 Å². The summed E-state index contributed by atoms with van der Waals surface area (Å²) in [6.07, 6.45) is 1.45. The van der Waals surface area contributed by atoms with Crippen LogP contribution in [0.4, 0.5) is 10.1 Å². The summed E-state index contributed by atoms with van der Waals surface area (Å²) in [7, 11) is 4.61. The van der Waals surface area contributed by atoms with Crippen molar-refractivity contribution in [1.82, 2.24) is 10.2 Å². The van der Waals surface area contributed by atoms with Gasteiger partial charge in [0.25, 0.3) is 11.8 Å². The van der Waals surface area contributed by atoms with Crippen molar-refractivity contribution < 1.29 is 33.0 Å². The topological polar surface area (TPSA) is 97.4 Å². The first-order chi connectivity index (χ1) is 19.8. The summed E-state index contributed by atoms with van der Waals surface area (Å²) < 4.78 is 29.9. The smallest absolute Gasteiger partial charge is 0.263 e. The van der Waals surface area contributed by atoms with E-state index in [1.165, 1.54) is 33.5 Å². The summed E-state index contributed by atoms with van der Waals surface area (Å²) in [5.41, 5.74) is 2.60. The van der Waals surface area contributed by atoms with Gasteiger partial charge in [-0.1, -0.05) is 18.2 Å². The monoisotopic (exact) mass is 561 g/mol. The Labute approximate surface area is 237 Å². The highest BCUT2D eigenvalue weighted by molar-refractivity contribution is 6.23. The number of rotatable bonds is 9. The van der Waals surface area contributed by atoms with Gasteiger partial charge in [0.15, 0.2) is 11.5 Å². The van der Waals surface area contributed by atoms with Crippen molar-refractivity contribution in [2.75, 3.05) is 39.3 Å². The van der Waals surface area contributed by atoms with Crippen molar-refractivity contribution in [3.05, 3.63) is 82.7 Å². The van der Waals surface area contributed by atoms with Crippen molar-refractivity contribution in [1.29, 1.82) is 0 Å². The molecule has 1 N–H and O–H groups in total. The number of methoxy groups -OCH3 is 3. The van der Waals surface area contributed by atoms with Crippen LogP contribution >= 0.6 is 0 Å². The Morgan fingerprint density at radius 2 is 1.68 bits per heavy atom. The van der Waals surface area contributed by atoms with E-state index in [4.69, 9.17) is 14.2 Å². The van der Waals surface area contributed by atoms with Crippen LogP contribution in [-0.4, -0.2) is 57.0 Å². The molecule has 0 bridgehead atoms. The van der Waals surface area contributed by atoms with Crippen molar-refractivity contribution in [3.8, 4) is 17.2 Å². The first-order valence-electron chi connectivity index (χ1n) is 13.4. The second-order valence-electron chi connectivity index (χ2n) is 10.1. The first kappa shape index (κ1) is 27.9. The lowest BCUT2D eigenvalue weighted by Gasteiger charge is -2.34. The fourth-order valence-corrected chi connectivity index (χ4v) is 5.52. The molecule has 1 saturated heterocycles.